The third-order valence-electron chi connectivity index (χ3n) is 6.34. The molecule has 1 aromatic rings. The predicted molar refractivity (Wildman–Crippen MR) is 103 cm³/mol. The Bertz CT molecular complexity index is 653. The molecule has 0 aromatic heterocycles. The molecule has 4 rings (SSSR count). The summed E-state index contributed by atoms with van der Waals surface area (Å²) in [7, 11) is 1.88. The number of nitrogen functional groups attached to an aromatic ring is 1. The minimum atomic E-state index is 0.0408. The van der Waals surface area contributed by atoms with E-state index in [1.807, 2.05) is 13.1 Å². The normalized spacial score (nSPS) is 26.0. The SMILES string of the molecule is CNc1cc(N2CC3CCC2C3)c(C(=O)NC2CCCCC2)cc1N. The fourth-order valence-electron chi connectivity index (χ4n) is 4.97. The topological polar surface area (TPSA) is 70.4 Å². The van der Waals surface area contributed by atoms with Gasteiger partial charge >= 0.3 is 0 Å². The highest BCUT2D eigenvalue weighted by Crippen LogP contribution is 2.43. The predicted octanol–water partition coefficient (Wildman–Crippen LogP) is 3.36. The van der Waals surface area contributed by atoms with Gasteiger partial charge in [-0.25, -0.2) is 0 Å². The number of anilines is 3. The summed E-state index contributed by atoms with van der Waals surface area (Å²) in [6, 6.07) is 4.84. The number of fused-ring (bicyclic) bond motifs is 2. The fourth-order valence-corrected chi connectivity index (χ4v) is 4.97. The number of piperidine rings is 1. The van der Waals surface area contributed by atoms with Crippen molar-refractivity contribution >= 4 is 23.0 Å². The van der Waals surface area contributed by atoms with E-state index in [0.717, 1.165) is 42.2 Å². The molecule has 4 N–H and O–H groups in total. The monoisotopic (exact) mass is 342 g/mol. The highest BCUT2D eigenvalue weighted by atomic mass is 16.1. The van der Waals surface area contributed by atoms with Crippen LogP contribution in [0.4, 0.5) is 17.1 Å². The molecule has 1 aromatic carbocycles. The Hall–Kier alpha value is -1.91. The molecule has 2 bridgehead atoms. The average molecular weight is 342 g/mol. The Labute approximate surface area is 150 Å². The Balaban J connectivity index is 1.63. The number of rotatable bonds is 4. The van der Waals surface area contributed by atoms with Crippen LogP contribution in [0.3, 0.4) is 0 Å². The molecule has 25 heavy (non-hydrogen) atoms. The largest absolute Gasteiger partial charge is 0.397 e. The van der Waals surface area contributed by atoms with E-state index < -0.39 is 0 Å². The summed E-state index contributed by atoms with van der Waals surface area (Å²) in [5.41, 5.74) is 9.54. The van der Waals surface area contributed by atoms with Gasteiger partial charge in [-0.05, 0) is 50.2 Å². The van der Waals surface area contributed by atoms with Gasteiger partial charge in [-0.15, -0.1) is 0 Å². The van der Waals surface area contributed by atoms with Crippen LogP contribution >= 0.6 is 0 Å². The van der Waals surface area contributed by atoms with Gasteiger partial charge in [0.05, 0.1) is 22.6 Å². The highest BCUT2D eigenvalue weighted by molar-refractivity contribution is 6.02. The lowest BCUT2D eigenvalue weighted by Gasteiger charge is -2.32. The van der Waals surface area contributed by atoms with Gasteiger partial charge in [-0.2, -0.15) is 0 Å². The van der Waals surface area contributed by atoms with Gasteiger partial charge < -0.3 is 21.3 Å². The van der Waals surface area contributed by atoms with Crippen molar-refractivity contribution in [1.82, 2.24) is 5.32 Å². The van der Waals surface area contributed by atoms with Crippen LogP contribution in [-0.2, 0) is 0 Å². The van der Waals surface area contributed by atoms with Crippen molar-refractivity contribution in [2.24, 2.45) is 5.92 Å². The number of nitrogens with one attached hydrogen (secondary N) is 2. The first-order valence-electron chi connectivity index (χ1n) is 9.84. The quantitative estimate of drug-likeness (QED) is 0.734. The zero-order valence-electron chi connectivity index (χ0n) is 15.2. The lowest BCUT2D eigenvalue weighted by atomic mass is 9.95. The highest BCUT2D eigenvalue weighted by Gasteiger charge is 2.39. The molecule has 1 heterocycles. The van der Waals surface area contributed by atoms with Gasteiger partial charge in [0.1, 0.15) is 0 Å². The minimum Gasteiger partial charge on any atom is -0.397 e. The third-order valence-corrected chi connectivity index (χ3v) is 6.34. The summed E-state index contributed by atoms with van der Waals surface area (Å²) < 4.78 is 0. The van der Waals surface area contributed by atoms with E-state index in [-0.39, 0.29) is 5.91 Å². The molecule has 0 spiro atoms. The second-order valence-corrected chi connectivity index (χ2v) is 8.00. The van der Waals surface area contributed by atoms with Crippen LogP contribution in [0.15, 0.2) is 12.1 Å². The molecule has 2 atom stereocenters. The Kier molecular flexibility index (Phi) is 4.48. The number of nitrogens with zero attached hydrogens (tertiary/aromatic N) is 1. The van der Waals surface area contributed by atoms with E-state index in [1.54, 1.807) is 0 Å². The summed E-state index contributed by atoms with van der Waals surface area (Å²) in [4.78, 5) is 15.5. The van der Waals surface area contributed by atoms with Crippen molar-refractivity contribution in [3.63, 3.8) is 0 Å². The number of carbonyl (C=O) groups excluding carboxylic acids is 1. The number of amides is 1. The zero-order valence-corrected chi connectivity index (χ0v) is 15.2. The number of benzene rings is 1. The molecule has 136 valence electrons. The van der Waals surface area contributed by atoms with E-state index >= 15 is 0 Å². The Morgan fingerprint density at radius 1 is 1.16 bits per heavy atom. The standard InChI is InChI=1S/C20H30N4O/c1-22-18-11-19(24-12-13-7-8-15(24)9-13)16(10-17(18)21)20(25)23-14-5-3-2-4-6-14/h10-11,13-15,22H,2-9,12,21H2,1H3,(H,23,25). The summed E-state index contributed by atoms with van der Waals surface area (Å²) in [5.74, 6) is 0.828. The van der Waals surface area contributed by atoms with Gasteiger partial charge in [0.15, 0.2) is 0 Å². The molecular formula is C20H30N4O. The van der Waals surface area contributed by atoms with E-state index in [2.05, 4.69) is 21.6 Å². The molecule has 5 nitrogen and oxygen atoms in total. The van der Waals surface area contributed by atoms with Crippen LogP contribution in [0.25, 0.3) is 0 Å². The van der Waals surface area contributed by atoms with Gasteiger partial charge in [-0.1, -0.05) is 19.3 Å². The third kappa shape index (κ3) is 3.16. The van der Waals surface area contributed by atoms with E-state index in [4.69, 9.17) is 5.73 Å². The molecule has 5 heteroatoms. The van der Waals surface area contributed by atoms with Gasteiger partial charge in [-0.3, -0.25) is 4.79 Å². The molecule has 1 saturated heterocycles. The first-order chi connectivity index (χ1) is 12.2. The molecule has 2 aliphatic carbocycles. The van der Waals surface area contributed by atoms with Crippen LogP contribution < -0.4 is 21.3 Å². The van der Waals surface area contributed by atoms with Crippen molar-refractivity contribution in [2.45, 2.75) is 63.5 Å². The number of carbonyl (C=O) groups is 1. The van der Waals surface area contributed by atoms with Crippen molar-refractivity contribution in [1.29, 1.82) is 0 Å². The Morgan fingerprint density at radius 2 is 1.96 bits per heavy atom. The number of hydrogen-bond donors (Lipinski definition) is 3. The van der Waals surface area contributed by atoms with Crippen LogP contribution in [0.1, 0.15) is 61.7 Å². The first kappa shape index (κ1) is 16.6. The molecule has 3 aliphatic rings. The van der Waals surface area contributed by atoms with Crippen molar-refractivity contribution in [3.8, 4) is 0 Å². The summed E-state index contributed by atoms with van der Waals surface area (Å²) >= 11 is 0. The van der Waals surface area contributed by atoms with Crippen molar-refractivity contribution in [2.75, 3.05) is 29.5 Å². The van der Waals surface area contributed by atoms with Crippen LogP contribution in [-0.4, -0.2) is 31.6 Å². The molecule has 1 aliphatic heterocycles. The summed E-state index contributed by atoms with van der Waals surface area (Å²) in [5, 5.41) is 6.43. The van der Waals surface area contributed by atoms with E-state index in [9.17, 15) is 4.79 Å². The summed E-state index contributed by atoms with van der Waals surface area (Å²) in [6.45, 7) is 1.07. The van der Waals surface area contributed by atoms with Crippen LogP contribution in [0, 0.1) is 5.92 Å². The molecule has 0 radical (unpaired) electrons. The molecule has 2 unspecified atom stereocenters. The van der Waals surface area contributed by atoms with Crippen LogP contribution in [0.2, 0.25) is 0 Å². The second-order valence-electron chi connectivity index (χ2n) is 8.00. The molecule has 1 amide bonds. The average Bonchev–Trinajstić information content (AvgIpc) is 3.25. The fraction of sp³-hybridized carbons (Fsp3) is 0.650. The van der Waals surface area contributed by atoms with E-state index in [1.165, 1.54) is 38.5 Å². The van der Waals surface area contributed by atoms with Gasteiger partial charge in [0.25, 0.3) is 5.91 Å². The van der Waals surface area contributed by atoms with Crippen LogP contribution in [0.5, 0.6) is 0 Å². The van der Waals surface area contributed by atoms with Crippen molar-refractivity contribution < 1.29 is 4.79 Å². The second kappa shape index (κ2) is 6.77. The number of hydrogen-bond acceptors (Lipinski definition) is 4. The first-order valence-corrected chi connectivity index (χ1v) is 9.84. The van der Waals surface area contributed by atoms with E-state index in [0.29, 0.717) is 17.8 Å². The van der Waals surface area contributed by atoms with Crippen molar-refractivity contribution in [3.05, 3.63) is 17.7 Å². The minimum absolute atomic E-state index is 0.0408. The lowest BCUT2D eigenvalue weighted by molar-refractivity contribution is 0.0928. The van der Waals surface area contributed by atoms with Gasteiger partial charge in [0.2, 0.25) is 0 Å². The maximum absolute atomic E-state index is 13.0. The van der Waals surface area contributed by atoms with Gasteiger partial charge in [0, 0.05) is 25.7 Å². The molecular weight excluding hydrogens is 312 g/mol. The maximum Gasteiger partial charge on any atom is 0.253 e. The zero-order chi connectivity index (χ0) is 17.4. The smallest absolute Gasteiger partial charge is 0.253 e. The maximum atomic E-state index is 13.0. The number of nitrogens with two attached hydrogens (primary N) is 1. The Morgan fingerprint density at radius 3 is 2.60 bits per heavy atom. The molecule has 2 saturated carbocycles. The summed E-state index contributed by atoms with van der Waals surface area (Å²) in [6.07, 6.45) is 9.76. The molecule has 3 fully saturated rings. The lowest BCUT2D eigenvalue weighted by Crippen LogP contribution is -2.38.